The molecule has 14 rings (SSSR count). The molecule has 0 aromatic rings. The molecule has 0 aromatic heterocycles. The zero-order valence-electron chi connectivity index (χ0n) is 44.5. The second-order valence-electron chi connectivity index (χ2n) is 28.7. The fourth-order valence-electron chi connectivity index (χ4n) is 21.4. The Morgan fingerprint density at radius 3 is 2.16 bits per heavy atom. The van der Waals surface area contributed by atoms with Crippen LogP contribution in [0.5, 0.6) is 0 Å². The van der Waals surface area contributed by atoms with E-state index < -0.39 is 50.9 Å². The van der Waals surface area contributed by atoms with Crippen LogP contribution >= 0.6 is 0 Å². The molecule has 6 saturated heterocycles. The Balaban J connectivity index is 0.782. The number of aliphatic hydroxyl groups excluding tert-OH is 1. The Bertz CT molecular complexity index is 2410. The summed E-state index contributed by atoms with van der Waals surface area (Å²) in [5, 5.41) is 34.8. The van der Waals surface area contributed by atoms with Crippen LogP contribution in [0.2, 0.25) is 0 Å². The van der Waals surface area contributed by atoms with Gasteiger partial charge in [0.25, 0.3) is 0 Å². The molecule has 0 unspecified atom stereocenters. The number of rotatable bonds is 8. The predicted molar refractivity (Wildman–Crippen MR) is 265 cm³/mol. The Morgan fingerprint density at radius 2 is 1.49 bits per heavy atom. The van der Waals surface area contributed by atoms with Crippen LogP contribution in [0.4, 0.5) is 0 Å². The molecule has 6 aliphatic heterocycles. The van der Waals surface area contributed by atoms with Crippen LogP contribution < -0.4 is 0 Å². The van der Waals surface area contributed by atoms with E-state index >= 15 is 0 Å². The van der Waals surface area contributed by atoms with E-state index in [4.69, 9.17) is 23.1 Å². The van der Waals surface area contributed by atoms with E-state index in [1.165, 1.54) is 36.0 Å². The number of aliphatic hydroxyl groups is 3. The van der Waals surface area contributed by atoms with E-state index in [-0.39, 0.29) is 64.0 Å². The lowest BCUT2D eigenvalue weighted by Crippen LogP contribution is -2.76. The van der Waals surface area contributed by atoms with Crippen molar-refractivity contribution in [2.45, 2.75) is 233 Å². The summed E-state index contributed by atoms with van der Waals surface area (Å²) in [6.45, 7) is 26.0. The van der Waals surface area contributed by atoms with Gasteiger partial charge in [0, 0.05) is 34.0 Å². The molecule has 0 amide bonds. The molecule has 70 heavy (non-hydrogen) atoms. The first-order valence-corrected chi connectivity index (χ1v) is 29.4. The minimum Gasteiger partial charge on any atom is -0.387 e. The van der Waals surface area contributed by atoms with Gasteiger partial charge in [-0.05, 0) is 176 Å². The topological polar surface area (TPSA) is 161 Å². The molecule has 392 valence electrons. The maximum atomic E-state index is 12.6. The number of ether oxygens (including phenoxy) is 4. The summed E-state index contributed by atoms with van der Waals surface area (Å²) in [4.78, 5) is 0. The molecular weight excluding hydrogens is 905 g/mol. The average molecular weight is 993 g/mol. The maximum Gasteiger partial charge on any atom is 0.397 e. The first kappa shape index (κ1) is 49.7. The van der Waals surface area contributed by atoms with Gasteiger partial charge in [-0.25, -0.2) is 4.18 Å². The molecule has 6 bridgehead atoms. The van der Waals surface area contributed by atoms with Crippen LogP contribution in [-0.4, -0.2) is 88.7 Å². The zero-order valence-corrected chi connectivity index (χ0v) is 45.3. The van der Waals surface area contributed by atoms with Gasteiger partial charge in [0.15, 0.2) is 11.6 Å². The van der Waals surface area contributed by atoms with Gasteiger partial charge in [0.1, 0.15) is 6.10 Å². The molecule has 2 spiro atoms. The fourth-order valence-corrected chi connectivity index (χ4v) is 21.9. The van der Waals surface area contributed by atoms with Crippen LogP contribution in [0.15, 0.2) is 33.9 Å². The van der Waals surface area contributed by atoms with Gasteiger partial charge in [0.05, 0.1) is 42.7 Å². The molecule has 19 atom stereocenters. The van der Waals surface area contributed by atoms with Crippen molar-refractivity contribution in [2.75, 3.05) is 13.2 Å². The standard InChI is InChI=1S/C58H88O11S/c1-32(37-14-16-39-35-13-18-45-49(3,4)57(60)25-24-55(45,30-65-57)41(35)20-22-52(37,39)9)12-19-47-54(11)28-34(51(7,8)69-54)26-43(67-47)33(2)38-15-17-40-36-27-44(68-70(62,63)64)48-50(5,6)58(61)46(59)29-56(48,31-66-58)42(36)21-23-53(38,40)10/h18,32-34,37-40,43-44,46-48,59-61H,12-17,19-31H2,1-11H3,(H,62,63,64)/t32-,33+,34-,37-,38-,39+,40+,43-,44+,46+,47+,48+,52-,53-,54-,55-,56+,57-,58+/m1/s1. The third-order valence-corrected chi connectivity index (χ3v) is 25.4. The molecule has 8 aliphatic carbocycles. The van der Waals surface area contributed by atoms with Crippen molar-refractivity contribution in [1.29, 1.82) is 0 Å². The van der Waals surface area contributed by atoms with E-state index in [9.17, 15) is 28.3 Å². The van der Waals surface area contributed by atoms with Gasteiger partial charge in [-0.2, -0.15) is 8.42 Å². The lowest BCUT2D eigenvalue weighted by molar-refractivity contribution is -0.408. The number of allylic oxidation sites excluding steroid dienone is 2. The molecule has 4 saturated carbocycles. The minimum atomic E-state index is -4.81. The van der Waals surface area contributed by atoms with E-state index in [0.29, 0.717) is 55.0 Å². The van der Waals surface area contributed by atoms with Gasteiger partial charge >= 0.3 is 10.4 Å². The van der Waals surface area contributed by atoms with Crippen molar-refractivity contribution >= 4 is 10.4 Å². The molecule has 14 aliphatic rings. The fraction of sp³-hybridized carbons (Fsp3) is 0.897. The van der Waals surface area contributed by atoms with Crippen molar-refractivity contribution in [3.8, 4) is 0 Å². The molecular formula is C58H88O11S. The lowest BCUT2D eigenvalue weighted by atomic mass is 9.42. The summed E-state index contributed by atoms with van der Waals surface area (Å²) >= 11 is 0. The second-order valence-corrected chi connectivity index (χ2v) is 29.7. The van der Waals surface area contributed by atoms with Gasteiger partial charge in [-0.3, -0.25) is 4.55 Å². The highest BCUT2D eigenvalue weighted by Crippen LogP contribution is 2.74. The summed E-state index contributed by atoms with van der Waals surface area (Å²) in [7, 11) is -4.81. The van der Waals surface area contributed by atoms with Crippen LogP contribution in [0.3, 0.4) is 0 Å². The Morgan fingerprint density at radius 1 is 0.814 bits per heavy atom. The van der Waals surface area contributed by atoms with Crippen LogP contribution in [0.1, 0.15) is 185 Å². The summed E-state index contributed by atoms with van der Waals surface area (Å²) in [5.74, 6) is -0.282. The first-order valence-electron chi connectivity index (χ1n) is 28.1. The zero-order chi connectivity index (χ0) is 50.0. The van der Waals surface area contributed by atoms with Crippen LogP contribution in [0, 0.1) is 79.8 Å². The lowest BCUT2D eigenvalue weighted by Gasteiger charge is -2.69. The molecule has 12 heteroatoms. The third-order valence-electron chi connectivity index (χ3n) is 24.9. The van der Waals surface area contributed by atoms with Crippen molar-refractivity contribution < 1.29 is 51.4 Å². The molecule has 4 N–H and O–H groups in total. The Kier molecular flexibility index (Phi) is 10.8. The smallest absolute Gasteiger partial charge is 0.387 e. The van der Waals surface area contributed by atoms with Gasteiger partial charge in [0.2, 0.25) is 0 Å². The van der Waals surface area contributed by atoms with Gasteiger partial charge in [-0.1, -0.05) is 89.3 Å². The largest absolute Gasteiger partial charge is 0.397 e. The van der Waals surface area contributed by atoms with Crippen molar-refractivity contribution in [3.63, 3.8) is 0 Å². The molecule has 10 fully saturated rings. The van der Waals surface area contributed by atoms with E-state index in [2.05, 4.69) is 68.4 Å². The second kappa shape index (κ2) is 15.3. The molecule has 6 heterocycles. The SMILES string of the molecule is C[C@@H]([C@H]1CC[C@H]2C3=C(CC[C@]12C)[C@@]12CO[C@@](O)([C@@H](O)C1)C(C)(C)[C@@H]2[C@@H](OS(=O)(=O)O)C3)[C@H]1C[C@@H]2C[C@@](C)(OC2(C)C)[C@H](CC[C@@H](C)[C@H]2CC[C@H]3C4=C(CC[C@]23C)[C@@]23CC[C@@](O)(OC2)C(C)(C)C3=CC4)O1. The number of fused-ring (bicyclic) bond motifs is 10. The van der Waals surface area contributed by atoms with E-state index in [1.807, 2.05) is 13.8 Å². The summed E-state index contributed by atoms with van der Waals surface area (Å²) in [5.41, 5.74) is 4.81. The van der Waals surface area contributed by atoms with E-state index in [0.717, 1.165) is 70.6 Å². The Hall–Kier alpha value is -1.19. The van der Waals surface area contributed by atoms with Gasteiger partial charge in [-0.15, -0.1) is 0 Å². The highest BCUT2D eigenvalue weighted by Gasteiger charge is 2.75. The number of hydrogen-bond donors (Lipinski definition) is 4. The van der Waals surface area contributed by atoms with Crippen LogP contribution in [-0.2, 0) is 33.5 Å². The predicted octanol–water partition coefficient (Wildman–Crippen LogP) is 10.6. The molecule has 0 aromatic carbocycles. The van der Waals surface area contributed by atoms with Crippen molar-refractivity contribution in [3.05, 3.63) is 33.9 Å². The highest BCUT2D eigenvalue weighted by molar-refractivity contribution is 7.80. The first-order chi connectivity index (χ1) is 32.5. The maximum absolute atomic E-state index is 12.6. The number of hydrogen-bond acceptors (Lipinski definition) is 10. The average Bonchev–Trinajstić information content (AvgIpc) is 3.85. The monoisotopic (exact) mass is 993 g/mol. The van der Waals surface area contributed by atoms with Gasteiger partial charge < -0.3 is 34.3 Å². The highest BCUT2D eigenvalue weighted by atomic mass is 32.3. The summed E-state index contributed by atoms with van der Waals surface area (Å²) < 4.78 is 68.4. The summed E-state index contributed by atoms with van der Waals surface area (Å²) in [6.07, 6.45) is 16.8. The van der Waals surface area contributed by atoms with Crippen molar-refractivity contribution in [2.24, 2.45) is 79.8 Å². The Labute approximate surface area is 419 Å². The quantitative estimate of drug-likeness (QED) is 0.135. The summed E-state index contributed by atoms with van der Waals surface area (Å²) in [6, 6.07) is 0. The van der Waals surface area contributed by atoms with E-state index in [1.54, 1.807) is 11.1 Å². The molecule has 11 nitrogen and oxygen atoms in total. The molecule has 0 radical (unpaired) electrons. The normalized spacial score (nSPS) is 52.2. The van der Waals surface area contributed by atoms with Crippen molar-refractivity contribution in [1.82, 2.24) is 0 Å². The third kappa shape index (κ3) is 6.39. The van der Waals surface area contributed by atoms with Crippen LogP contribution in [0.25, 0.3) is 0 Å². The minimum absolute atomic E-state index is 0.00938.